The maximum atomic E-state index is 12.4. The molecule has 1 aromatic carbocycles. The molecule has 27 heavy (non-hydrogen) atoms. The van der Waals surface area contributed by atoms with E-state index >= 15 is 0 Å². The van der Waals surface area contributed by atoms with E-state index in [4.69, 9.17) is 9.47 Å². The fourth-order valence-electron chi connectivity index (χ4n) is 2.61. The molecule has 4 rings (SSSR count). The van der Waals surface area contributed by atoms with Crippen LogP contribution < -0.4 is 14.8 Å². The third-order valence-corrected chi connectivity index (χ3v) is 5.75. The second-order valence-corrected chi connectivity index (χ2v) is 7.91. The number of thioether (sulfide) groups is 1. The van der Waals surface area contributed by atoms with Gasteiger partial charge in [0.1, 0.15) is 0 Å². The van der Waals surface area contributed by atoms with Crippen LogP contribution in [0, 0.1) is 0 Å². The third kappa shape index (κ3) is 3.62. The molecule has 0 saturated heterocycles. The van der Waals surface area contributed by atoms with Crippen molar-refractivity contribution >= 4 is 34.1 Å². The standard InChI is InChI=1S/C17H17N5O3S2/c1-3-22-14(11-4-5-12-13(8-11)25-9-24-12)20-21-17(22)27-10(2)15(23)19-16-18-6-7-26-16/h4-8,10H,3,9H2,1-2H3,(H,18,19,23)/t10-/m1/s1. The van der Waals surface area contributed by atoms with E-state index in [1.807, 2.05) is 42.0 Å². The Morgan fingerprint density at radius 1 is 1.37 bits per heavy atom. The molecule has 8 nitrogen and oxygen atoms in total. The van der Waals surface area contributed by atoms with Crippen molar-refractivity contribution in [1.82, 2.24) is 19.7 Å². The van der Waals surface area contributed by atoms with Gasteiger partial charge in [-0.25, -0.2) is 4.98 Å². The van der Waals surface area contributed by atoms with Crippen LogP contribution in [0.1, 0.15) is 13.8 Å². The second kappa shape index (κ2) is 7.57. The molecule has 0 aliphatic carbocycles. The predicted octanol–water partition coefficient (Wildman–Crippen LogP) is 3.27. The van der Waals surface area contributed by atoms with E-state index in [1.54, 1.807) is 6.20 Å². The van der Waals surface area contributed by atoms with E-state index < -0.39 is 0 Å². The Bertz CT molecular complexity index is 958. The maximum Gasteiger partial charge on any atom is 0.239 e. The van der Waals surface area contributed by atoms with Crippen LogP contribution in [0.5, 0.6) is 11.5 Å². The zero-order valence-corrected chi connectivity index (χ0v) is 16.3. The summed E-state index contributed by atoms with van der Waals surface area (Å²) in [5.74, 6) is 2.03. The molecule has 0 fully saturated rings. The molecule has 0 radical (unpaired) electrons. The lowest BCUT2D eigenvalue weighted by atomic mass is 10.2. The number of benzene rings is 1. The number of hydrogen-bond acceptors (Lipinski definition) is 8. The maximum absolute atomic E-state index is 12.4. The number of aromatic nitrogens is 4. The highest BCUT2D eigenvalue weighted by Crippen LogP contribution is 2.36. The topological polar surface area (TPSA) is 91.2 Å². The molecular formula is C17H17N5O3S2. The first-order chi connectivity index (χ1) is 13.2. The number of thiazole rings is 1. The monoisotopic (exact) mass is 403 g/mol. The van der Waals surface area contributed by atoms with Crippen molar-refractivity contribution in [3.05, 3.63) is 29.8 Å². The van der Waals surface area contributed by atoms with Gasteiger partial charge in [-0.05, 0) is 32.0 Å². The minimum absolute atomic E-state index is 0.120. The molecule has 0 saturated carbocycles. The highest BCUT2D eigenvalue weighted by atomic mass is 32.2. The molecule has 1 aliphatic rings. The van der Waals surface area contributed by atoms with E-state index in [1.165, 1.54) is 23.1 Å². The zero-order chi connectivity index (χ0) is 18.8. The average molecular weight is 403 g/mol. The SMILES string of the molecule is CCn1c(S[C@H](C)C(=O)Nc2nccs2)nnc1-c1ccc2c(c1)OCO2. The molecule has 1 aliphatic heterocycles. The minimum atomic E-state index is -0.340. The summed E-state index contributed by atoms with van der Waals surface area (Å²) in [5.41, 5.74) is 0.889. The highest BCUT2D eigenvalue weighted by molar-refractivity contribution is 8.00. The molecule has 3 aromatic rings. The number of fused-ring (bicyclic) bond motifs is 1. The molecule has 1 atom stereocenters. The Morgan fingerprint density at radius 3 is 3.00 bits per heavy atom. The molecule has 3 heterocycles. The number of rotatable bonds is 6. The van der Waals surface area contributed by atoms with Crippen LogP contribution in [0.3, 0.4) is 0 Å². The lowest BCUT2D eigenvalue weighted by Crippen LogP contribution is -2.22. The molecule has 1 N–H and O–H groups in total. The predicted molar refractivity (Wildman–Crippen MR) is 103 cm³/mol. The van der Waals surface area contributed by atoms with Gasteiger partial charge in [0.2, 0.25) is 12.7 Å². The third-order valence-electron chi connectivity index (χ3n) is 3.98. The van der Waals surface area contributed by atoms with Crippen molar-refractivity contribution in [2.24, 2.45) is 0 Å². The summed E-state index contributed by atoms with van der Waals surface area (Å²) in [7, 11) is 0. The lowest BCUT2D eigenvalue weighted by molar-refractivity contribution is -0.115. The largest absolute Gasteiger partial charge is 0.454 e. The Hall–Kier alpha value is -2.59. The second-order valence-electron chi connectivity index (χ2n) is 5.71. The first kappa shape index (κ1) is 17.8. The first-order valence-corrected chi connectivity index (χ1v) is 10.1. The molecule has 0 spiro atoms. The van der Waals surface area contributed by atoms with Gasteiger partial charge in [0.15, 0.2) is 27.6 Å². The van der Waals surface area contributed by atoms with Gasteiger partial charge in [-0.15, -0.1) is 21.5 Å². The van der Waals surface area contributed by atoms with Crippen LogP contribution >= 0.6 is 23.1 Å². The van der Waals surface area contributed by atoms with E-state index in [0.29, 0.717) is 22.6 Å². The lowest BCUT2D eigenvalue weighted by Gasteiger charge is -2.12. The summed E-state index contributed by atoms with van der Waals surface area (Å²) in [5, 5.41) is 14.2. The van der Waals surface area contributed by atoms with Crippen molar-refractivity contribution in [3.63, 3.8) is 0 Å². The number of anilines is 1. The van der Waals surface area contributed by atoms with Crippen LogP contribution in [0.4, 0.5) is 5.13 Å². The number of nitrogens with one attached hydrogen (secondary N) is 1. The van der Waals surface area contributed by atoms with Crippen molar-refractivity contribution in [1.29, 1.82) is 0 Å². The number of amides is 1. The van der Waals surface area contributed by atoms with Crippen LogP contribution in [0.25, 0.3) is 11.4 Å². The fraction of sp³-hybridized carbons (Fsp3) is 0.294. The van der Waals surface area contributed by atoms with Gasteiger partial charge in [0.25, 0.3) is 0 Å². The Morgan fingerprint density at radius 2 is 2.22 bits per heavy atom. The molecular weight excluding hydrogens is 386 g/mol. The zero-order valence-electron chi connectivity index (χ0n) is 14.7. The van der Waals surface area contributed by atoms with Gasteiger partial charge in [-0.2, -0.15) is 0 Å². The van der Waals surface area contributed by atoms with Crippen LogP contribution in [0.2, 0.25) is 0 Å². The van der Waals surface area contributed by atoms with Crippen molar-refractivity contribution in [2.75, 3.05) is 12.1 Å². The van der Waals surface area contributed by atoms with Gasteiger partial charge < -0.3 is 19.4 Å². The van der Waals surface area contributed by atoms with Crippen LogP contribution in [-0.2, 0) is 11.3 Å². The summed E-state index contributed by atoms with van der Waals surface area (Å²) in [4.78, 5) is 16.4. The summed E-state index contributed by atoms with van der Waals surface area (Å²) in [6, 6.07) is 5.69. The van der Waals surface area contributed by atoms with Gasteiger partial charge >= 0.3 is 0 Å². The fourth-order valence-corrected chi connectivity index (χ4v) is 4.06. The molecule has 10 heteroatoms. The summed E-state index contributed by atoms with van der Waals surface area (Å²) in [6.07, 6.45) is 1.66. The number of hydrogen-bond donors (Lipinski definition) is 1. The van der Waals surface area contributed by atoms with Gasteiger partial charge in [0.05, 0.1) is 5.25 Å². The van der Waals surface area contributed by atoms with E-state index in [2.05, 4.69) is 20.5 Å². The number of carbonyl (C=O) groups is 1. The molecule has 1 amide bonds. The Kier molecular flexibility index (Phi) is 4.99. The van der Waals surface area contributed by atoms with Gasteiger partial charge in [0, 0.05) is 23.7 Å². The van der Waals surface area contributed by atoms with Crippen molar-refractivity contribution < 1.29 is 14.3 Å². The quantitative estimate of drug-likeness (QED) is 0.632. The smallest absolute Gasteiger partial charge is 0.239 e. The number of ether oxygens (including phenoxy) is 2. The van der Waals surface area contributed by atoms with Gasteiger partial charge in [-0.1, -0.05) is 11.8 Å². The van der Waals surface area contributed by atoms with Gasteiger partial charge in [-0.3, -0.25) is 4.79 Å². The number of nitrogens with zero attached hydrogens (tertiary/aromatic N) is 4. The summed E-state index contributed by atoms with van der Waals surface area (Å²) < 4.78 is 12.8. The van der Waals surface area contributed by atoms with Crippen molar-refractivity contribution in [3.8, 4) is 22.9 Å². The summed E-state index contributed by atoms with van der Waals surface area (Å²) >= 11 is 2.75. The normalized spacial score (nSPS) is 13.6. The molecule has 0 bridgehead atoms. The molecule has 2 aromatic heterocycles. The molecule has 0 unspecified atom stereocenters. The minimum Gasteiger partial charge on any atom is -0.454 e. The van der Waals surface area contributed by atoms with Crippen LogP contribution in [-0.4, -0.2) is 37.7 Å². The highest BCUT2D eigenvalue weighted by Gasteiger charge is 2.22. The van der Waals surface area contributed by atoms with E-state index in [0.717, 1.165) is 17.1 Å². The average Bonchev–Trinajstić information content (AvgIpc) is 3.41. The number of carbonyl (C=O) groups excluding carboxylic acids is 1. The van der Waals surface area contributed by atoms with E-state index in [9.17, 15) is 4.79 Å². The summed E-state index contributed by atoms with van der Waals surface area (Å²) in [6.45, 7) is 4.76. The van der Waals surface area contributed by atoms with Crippen LogP contribution in [0.15, 0.2) is 34.9 Å². The van der Waals surface area contributed by atoms with E-state index in [-0.39, 0.29) is 18.0 Å². The Balaban J connectivity index is 1.53. The Labute approximate surface area is 163 Å². The first-order valence-electron chi connectivity index (χ1n) is 8.36. The molecule has 140 valence electrons. The van der Waals surface area contributed by atoms with Crippen molar-refractivity contribution in [2.45, 2.75) is 30.8 Å².